The first kappa shape index (κ1) is 13.8. The molecule has 0 aromatic heterocycles. The van der Waals surface area contributed by atoms with E-state index in [0.717, 1.165) is 13.1 Å². The number of aromatic hydroxyl groups is 1. The highest BCUT2D eigenvalue weighted by Gasteiger charge is 2.18. The summed E-state index contributed by atoms with van der Waals surface area (Å²) in [4.78, 5) is 14.2. The molecule has 0 bridgehead atoms. The number of benzene rings is 1. The number of carbonyl (C=O) groups is 1. The van der Waals surface area contributed by atoms with E-state index in [1.165, 1.54) is 6.07 Å². The molecule has 1 heterocycles. The fourth-order valence-corrected chi connectivity index (χ4v) is 2.10. The standard InChI is InChI=1S/C14H20N2O3/c1-10-7-11(3-4-13(10)17)14(18)15-8-12-9-16(2)5-6-19-12/h3-4,7,12,17H,5-6,8-9H2,1-2H3,(H,15,18). The maximum absolute atomic E-state index is 12.0. The van der Waals surface area contributed by atoms with Crippen molar-refractivity contribution in [1.29, 1.82) is 0 Å². The van der Waals surface area contributed by atoms with Gasteiger partial charge >= 0.3 is 0 Å². The van der Waals surface area contributed by atoms with Gasteiger partial charge in [0.05, 0.1) is 12.7 Å². The largest absolute Gasteiger partial charge is 0.508 e. The second kappa shape index (κ2) is 6.04. The highest BCUT2D eigenvalue weighted by Crippen LogP contribution is 2.16. The fourth-order valence-electron chi connectivity index (χ4n) is 2.10. The lowest BCUT2D eigenvalue weighted by Crippen LogP contribution is -2.45. The Balaban J connectivity index is 1.88. The summed E-state index contributed by atoms with van der Waals surface area (Å²) in [5.41, 5.74) is 1.25. The van der Waals surface area contributed by atoms with Gasteiger partial charge < -0.3 is 20.1 Å². The van der Waals surface area contributed by atoms with Crippen molar-refractivity contribution >= 4 is 5.91 Å². The highest BCUT2D eigenvalue weighted by molar-refractivity contribution is 5.94. The Labute approximate surface area is 113 Å². The van der Waals surface area contributed by atoms with Crippen molar-refractivity contribution < 1.29 is 14.6 Å². The van der Waals surface area contributed by atoms with Crippen LogP contribution in [0.15, 0.2) is 18.2 Å². The van der Waals surface area contributed by atoms with E-state index in [-0.39, 0.29) is 17.8 Å². The van der Waals surface area contributed by atoms with Crippen molar-refractivity contribution in [3.05, 3.63) is 29.3 Å². The predicted molar refractivity (Wildman–Crippen MR) is 72.4 cm³/mol. The van der Waals surface area contributed by atoms with E-state index in [1.54, 1.807) is 19.1 Å². The first-order chi connectivity index (χ1) is 9.06. The van der Waals surface area contributed by atoms with Crippen LogP contribution in [0, 0.1) is 6.92 Å². The van der Waals surface area contributed by atoms with Gasteiger partial charge in [0, 0.05) is 25.2 Å². The average molecular weight is 264 g/mol. The lowest BCUT2D eigenvalue weighted by Gasteiger charge is -2.30. The molecule has 1 fully saturated rings. The molecule has 0 spiro atoms. The molecule has 1 aromatic carbocycles. The van der Waals surface area contributed by atoms with Crippen LogP contribution in [0.3, 0.4) is 0 Å². The van der Waals surface area contributed by atoms with Crippen molar-refractivity contribution in [2.75, 3.05) is 33.3 Å². The molecule has 0 aliphatic carbocycles. The Morgan fingerprint density at radius 2 is 2.37 bits per heavy atom. The van der Waals surface area contributed by atoms with E-state index in [4.69, 9.17) is 4.74 Å². The van der Waals surface area contributed by atoms with E-state index in [2.05, 4.69) is 10.2 Å². The van der Waals surface area contributed by atoms with Crippen molar-refractivity contribution in [3.63, 3.8) is 0 Å². The van der Waals surface area contributed by atoms with Gasteiger partial charge in [-0.15, -0.1) is 0 Å². The number of hydrogen-bond acceptors (Lipinski definition) is 4. The zero-order valence-electron chi connectivity index (χ0n) is 11.3. The third kappa shape index (κ3) is 3.68. The molecule has 104 valence electrons. The molecular formula is C14H20N2O3. The van der Waals surface area contributed by atoms with Crippen LogP contribution in [0.5, 0.6) is 5.75 Å². The minimum absolute atomic E-state index is 0.0425. The Morgan fingerprint density at radius 1 is 1.58 bits per heavy atom. The first-order valence-electron chi connectivity index (χ1n) is 6.44. The summed E-state index contributed by atoms with van der Waals surface area (Å²) in [6, 6.07) is 4.83. The normalized spacial score (nSPS) is 20.2. The van der Waals surface area contributed by atoms with E-state index in [1.807, 2.05) is 7.05 Å². The second-order valence-corrected chi connectivity index (χ2v) is 4.97. The molecule has 0 radical (unpaired) electrons. The van der Waals surface area contributed by atoms with Gasteiger partial charge in [0.2, 0.25) is 0 Å². The summed E-state index contributed by atoms with van der Waals surface area (Å²) in [5.74, 6) is 0.0636. The van der Waals surface area contributed by atoms with Crippen LogP contribution in [0.4, 0.5) is 0 Å². The van der Waals surface area contributed by atoms with E-state index in [0.29, 0.717) is 24.3 Å². The highest BCUT2D eigenvalue weighted by atomic mass is 16.5. The Hall–Kier alpha value is -1.59. The van der Waals surface area contributed by atoms with E-state index in [9.17, 15) is 9.90 Å². The number of ether oxygens (including phenoxy) is 1. The van der Waals surface area contributed by atoms with Crippen molar-refractivity contribution in [2.24, 2.45) is 0 Å². The lowest BCUT2D eigenvalue weighted by molar-refractivity contribution is -0.0175. The maximum Gasteiger partial charge on any atom is 0.251 e. The monoisotopic (exact) mass is 264 g/mol. The van der Waals surface area contributed by atoms with Crippen LogP contribution in [0.2, 0.25) is 0 Å². The lowest BCUT2D eigenvalue weighted by atomic mass is 10.1. The summed E-state index contributed by atoms with van der Waals surface area (Å²) in [6.07, 6.45) is 0.0425. The molecule has 1 atom stereocenters. The number of rotatable bonds is 3. The van der Waals surface area contributed by atoms with Gasteiger partial charge in [-0.25, -0.2) is 0 Å². The maximum atomic E-state index is 12.0. The Bertz CT molecular complexity index is 462. The number of hydrogen-bond donors (Lipinski definition) is 2. The molecule has 2 N–H and O–H groups in total. The number of nitrogens with zero attached hydrogens (tertiary/aromatic N) is 1. The van der Waals surface area contributed by atoms with Crippen LogP contribution < -0.4 is 5.32 Å². The molecule has 1 amide bonds. The fraction of sp³-hybridized carbons (Fsp3) is 0.500. The topological polar surface area (TPSA) is 61.8 Å². The zero-order chi connectivity index (χ0) is 13.8. The smallest absolute Gasteiger partial charge is 0.251 e. The summed E-state index contributed by atoms with van der Waals surface area (Å²) in [5, 5.41) is 12.3. The molecule has 2 rings (SSSR count). The molecule has 1 aromatic rings. The molecule has 19 heavy (non-hydrogen) atoms. The van der Waals surface area contributed by atoms with Gasteiger partial charge in [0.25, 0.3) is 5.91 Å². The van der Waals surface area contributed by atoms with Crippen molar-refractivity contribution in [1.82, 2.24) is 10.2 Å². The van der Waals surface area contributed by atoms with Gasteiger partial charge in [0.1, 0.15) is 5.75 Å². The van der Waals surface area contributed by atoms with Gasteiger partial charge in [-0.05, 0) is 37.7 Å². The van der Waals surface area contributed by atoms with Gasteiger partial charge in [-0.3, -0.25) is 4.79 Å². The minimum Gasteiger partial charge on any atom is -0.508 e. The quantitative estimate of drug-likeness (QED) is 0.846. The van der Waals surface area contributed by atoms with Crippen LogP contribution in [0.25, 0.3) is 0 Å². The number of phenols is 1. The SMILES string of the molecule is Cc1cc(C(=O)NCC2CN(C)CCO2)ccc1O. The number of phenolic OH excluding ortho intramolecular Hbond substituents is 1. The minimum atomic E-state index is -0.139. The number of amides is 1. The Morgan fingerprint density at radius 3 is 3.05 bits per heavy atom. The molecule has 5 heteroatoms. The predicted octanol–water partition coefficient (Wildman–Crippen LogP) is 0.761. The summed E-state index contributed by atoms with van der Waals surface area (Å²) in [7, 11) is 2.04. The number of aryl methyl sites for hydroxylation is 1. The number of carbonyl (C=O) groups excluding carboxylic acids is 1. The third-order valence-electron chi connectivity index (χ3n) is 3.29. The molecule has 1 saturated heterocycles. The van der Waals surface area contributed by atoms with Crippen LogP contribution >= 0.6 is 0 Å². The van der Waals surface area contributed by atoms with Crippen LogP contribution in [-0.2, 0) is 4.74 Å². The van der Waals surface area contributed by atoms with Gasteiger partial charge in [-0.1, -0.05) is 0 Å². The molecule has 1 unspecified atom stereocenters. The second-order valence-electron chi connectivity index (χ2n) is 4.97. The van der Waals surface area contributed by atoms with Crippen molar-refractivity contribution in [3.8, 4) is 5.75 Å². The third-order valence-corrected chi connectivity index (χ3v) is 3.29. The molecule has 5 nitrogen and oxygen atoms in total. The van der Waals surface area contributed by atoms with Crippen LogP contribution in [-0.4, -0.2) is 55.3 Å². The molecule has 0 saturated carbocycles. The van der Waals surface area contributed by atoms with E-state index >= 15 is 0 Å². The number of morpholine rings is 1. The van der Waals surface area contributed by atoms with Crippen molar-refractivity contribution in [2.45, 2.75) is 13.0 Å². The average Bonchev–Trinajstić information content (AvgIpc) is 2.39. The molecule has 1 aliphatic rings. The summed E-state index contributed by atoms with van der Waals surface area (Å²) < 4.78 is 5.58. The van der Waals surface area contributed by atoms with Gasteiger partial charge in [-0.2, -0.15) is 0 Å². The van der Waals surface area contributed by atoms with E-state index < -0.39 is 0 Å². The van der Waals surface area contributed by atoms with Crippen LogP contribution in [0.1, 0.15) is 15.9 Å². The van der Waals surface area contributed by atoms with Gasteiger partial charge in [0.15, 0.2) is 0 Å². The molecule has 1 aliphatic heterocycles. The number of likely N-dealkylation sites (N-methyl/N-ethyl adjacent to an activating group) is 1. The summed E-state index contributed by atoms with van der Waals surface area (Å²) in [6.45, 7) is 4.74. The molecular weight excluding hydrogens is 244 g/mol. The number of nitrogens with one attached hydrogen (secondary N) is 1. The Kier molecular flexibility index (Phi) is 4.39. The first-order valence-corrected chi connectivity index (χ1v) is 6.44. The zero-order valence-corrected chi connectivity index (χ0v) is 11.3. The summed E-state index contributed by atoms with van der Waals surface area (Å²) >= 11 is 0.